The molecule has 0 bridgehead atoms. The molecule has 2 rings (SSSR count). The summed E-state index contributed by atoms with van der Waals surface area (Å²) in [5.74, 6) is 5.90. The highest BCUT2D eigenvalue weighted by Gasteiger charge is 2.30. The number of non-ortho nitro benzene ring substituents is 1. The molecule has 1 aromatic rings. The molecule has 0 heterocycles. The number of nitrogens with zero attached hydrogens (tertiary/aromatic N) is 2. The number of nitro groups is 1. The number of nitrogens with one attached hydrogen (secondary N) is 1. The van der Waals surface area contributed by atoms with E-state index in [1.54, 1.807) is 6.07 Å². The Morgan fingerprint density at radius 2 is 2.16 bits per heavy atom. The summed E-state index contributed by atoms with van der Waals surface area (Å²) >= 11 is 0. The molecule has 0 unspecified atom stereocenters. The van der Waals surface area contributed by atoms with E-state index in [1.807, 2.05) is 6.07 Å². The Morgan fingerprint density at radius 3 is 2.63 bits per heavy atom. The molecule has 1 aromatic carbocycles. The molecule has 0 saturated heterocycles. The first-order valence-electron chi connectivity index (χ1n) is 6.54. The molecular weight excluding hydrogens is 244 g/mol. The molecule has 0 atom stereocenters. The van der Waals surface area contributed by atoms with Crippen molar-refractivity contribution in [2.75, 3.05) is 16.9 Å². The SMILES string of the molecule is CC(C)CN(c1cc(NN)cc([N+](=O)[O-])c1)C1CC1. The molecule has 1 aliphatic rings. The molecule has 1 fully saturated rings. The van der Waals surface area contributed by atoms with Gasteiger partial charge in [-0.3, -0.25) is 16.0 Å². The van der Waals surface area contributed by atoms with Crippen molar-refractivity contribution in [3.63, 3.8) is 0 Å². The van der Waals surface area contributed by atoms with Gasteiger partial charge in [-0.25, -0.2) is 0 Å². The van der Waals surface area contributed by atoms with Crippen molar-refractivity contribution in [3.05, 3.63) is 28.3 Å². The average molecular weight is 264 g/mol. The van der Waals surface area contributed by atoms with Gasteiger partial charge < -0.3 is 10.3 Å². The molecule has 1 saturated carbocycles. The Balaban J connectivity index is 2.34. The van der Waals surface area contributed by atoms with Crippen molar-refractivity contribution in [1.29, 1.82) is 0 Å². The van der Waals surface area contributed by atoms with Crippen LogP contribution in [0.3, 0.4) is 0 Å². The Bertz CT molecular complexity index is 472. The summed E-state index contributed by atoms with van der Waals surface area (Å²) in [6.45, 7) is 5.19. The quantitative estimate of drug-likeness (QED) is 0.468. The molecule has 0 amide bonds. The second-order valence-corrected chi connectivity index (χ2v) is 5.42. The summed E-state index contributed by atoms with van der Waals surface area (Å²) in [5, 5.41) is 11.0. The third-order valence-electron chi connectivity index (χ3n) is 3.16. The van der Waals surface area contributed by atoms with Gasteiger partial charge in [0.1, 0.15) is 0 Å². The van der Waals surface area contributed by atoms with E-state index in [1.165, 1.54) is 6.07 Å². The number of hydrogen-bond donors (Lipinski definition) is 2. The van der Waals surface area contributed by atoms with Gasteiger partial charge in [-0.05, 0) is 24.8 Å². The van der Waals surface area contributed by atoms with Gasteiger partial charge >= 0.3 is 0 Å². The summed E-state index contributed by atoms with van der Waals surface area (Å²) in [6, 6.07) is 5.45. The van der Waals surface area contributed by atoms with Crippen LogP contribution < -0.4 is 16.2 Å². The van der Waals surface area contributed by atoms with Gasteiger partial charge in [0.25, 0.3) is 5.69 Å². The normalized spacial score (nSPS) is 14.5. The maximum Gasteiger partial charge on any atom is 0.273 e. The topological polar surface area (TPSA) is 84.4 Å². The fraction of sp³-hybridized carbons (Fsp3) is 0.538. The van der Waals surface area contributed by atoms with Gasteiger partial charge in [0.15, 0.2) is 0 Å². The number of nitrogens with two attached hydrogens (primary N) is 1. The molecule has 6 heteroatoms. The molecule has 0 spiro atoms. The largest absolute Gasteiger partial charge is 0.368 e. The number of anilines is 2. The molecule has 104 valence electrons. The van der Waals surface area contributed by atoms with Crippen LogP contribution in [0, 0.1) is 16.0 Å². The van der Waals surface area contributed by atoms with Crippen LogP contribution in [0.15, 0.2) is 18.2 Å². The summed E-state index contributed by atoms with van der Waals surface area (Å²) in [6.07, 6.45) is 2.31. The minimum atomic E-state index is -0.384. The van der Waals surface area contributed by atoms with E-state index in [-0.39, 0.29) is 10.6 Å². The molecule has 0 aromatic heterocycles. The predicted octanol–water partition coefficient (Wildman–Crippen LogP) is 2.51. The molecule has 19 heavy (non-hydrogen) atoms. The number of hydrazine groups is 1. The Labute approximate surface area is 112 Å². The fourth-order valence-corrected chi connectivity index (χ4v) is 2.19. The Hall–Kier alpha value is -1.82. The summed E-state index contributed by atoms with van der Waals surface area (Å²) in [5.41, 5.74) is 4.01. The number of rotatable bonds is 6. The lowest BCUT2D eigenvalue weighted by molar-refractivity contribution is -0.384. The summed E-state index contributed by atoms with van der Waals surface area (Å²) in [7, 11) is 0. The second kappa shape index (κ2) is 5.44. The van der Waals surface area contributed by atoms with Crippen molar-refractivity contribution in [2.45, 2.75) is 32.7 Å². The molecule has 6 nitrogen and oxygen atoms in total. The molecular formula is C13H20N4O2. The molecule has 0 aliphatic heterocycles. The van der Waals surface area contributed by atoms with Crippen LogP contribution in [0.2, 0.25) is 0 Å². The van der Waals surface area contributed by atoms with Crippen LogP contribution in [-0.4, -0.2) is 17.5 Å². The molecule has 0 radical (unpaired) electrons. The highest BCUT2D eigenvalue weighted by atomic mass is 16.6. The minimum Gasteiger partial charge on any atom is -0.368 e. The van der Waals surface area contributed by atoms with Crippen LogP contribution in [0.5, 0.6) is 0 Å². The van der Waals surface area contributed by atoms with E-state index in [0.717, 1.165) is 25.1 Å². The molecule has 3 N–H and O–H groups in total. The first kappa shape index (κ1) is 13.6. The smallest absolute Gasteiger partial charge is 0.273 e. The van der Waals surface area contributed by atoms with Gasteiger partial charge in [0.2, 0.25) is 0 Å². The lowest BCUT2D eigenvalue weighted by atomic mass is 10.1. The monoisotopic (exact) mass is 264 g/mol. The summed E-state index contributed by atoms with van der Waals surface area (Å²) in [4.78, 5) is 12.8. The van der Waals surface area contributed by atoms with E-state index < -0.39 is 0 Å². The van der Waals surface area contributed by atoms with E-state index in [2.05, 4.69) is 24.2 Å². The van der Waals surface area contributed by atoms with Crippen LogP contribution >= 0.6 is 0 Å². The number of benzene rings is 1. The van der Waals surface area contributed by atoms with Crippen molar-refractivity contribution in [2.24, 2.45) is 11.8 Å². The maximum atomic E-state index is 11.0. The van der Waals surface area contributed by atoms with Crippen molar-refractivity contribution in [1.82, 2.24) is 0 Å². The van der Waals surface area contributed by atoms with E-state index in [0.29, 0.717) is 17.6 Å². The van der Waals surface area contributed by atoms with Crippen LogP contribution in [0.25, 0.3) is 0 Å². The second-order valence-electron chi connectivity index (χ2n) is 5.42. The molecule has 1 aliphatic carbocycles. The van der Waals surface area contributed by atoms with Crippen LogP contribution in [0.1, 0.15) is 26.7 Å². The van der Waals surface area contributed by atoms with E-state index >= 15 is 0 Å². The third-order valence-corrected chi connectivity index (χ3v) is 3.16. The standard InChI is InChI=1S/C13H20N4O2/c1-9(2)8-16(11-3-4-11)12-5-10(15-14)6-13(7-12)17(18)19/h5-7,9,11,15H,3-4,8,14H2,1-2H3. The van der Waals surface area contributed by atoms with Gasteiger partial charge in [-0.2, -0.15) is 0 Å². The minimum absolute atomic E-state index is 0.0693. The zero-order valence-electron chi connectivity index (χ0n) is 11.3. The highest BCUT2D eigenvalue weighted by Crippen LogP contribution is 2.35. The zero-order valence-corrected chi connectivity index (χ0v) is 11.3. The van der Waals surface area contributed by atoms with Gasteiger partial charge in [-0.1, -0.05) is 13.8 Å². The lowest BCUT2D eigenvalue weighted by Crippen LogP contribution is -2.30. The fourth-order valence-electron chi connectivity index (χ4n) is 2.19. The van der Waals surface area contributed by atoms with E-state index in [4.69, 9.17) is 5.84 Å². The van der Waals surface area contributed by atoms with Gasteiger partial charge in [-0.15, -0.1) is 0 Å². The van der Waals surface area contributed by atoms with Crippen LogP contribution in [0.4, 0.5) is 17.1 Å². The van der Waals surface area contributed by atoms with Crippen molar-refractivity contribution >= 4 is 17.1 Å². The van der Waals surface area contributed by atoms with Crippen LogP contribution in [-0.2, 0) is 0 Å². The third kappa shape index (κ3) is 3.35. The first-order valence-corrected chi connectivity index (χ1v) is 6.54. The van der Waals surface area contributed by atoms with Crippen molar-refractivity contribution < 1.29 is 4.92 Å². The zero-order chi connectivity index (χ0) is 14.0. The van der Waals surface area contributed by atoms with Gasteiger partial charge in [0, 0.05) is 30.4 Å². The van der Waals surface area contributed by atoms with E-state index in [9.17, 15) is 10.1 Å². The highest BCUT2D eigenvalue weighted by molar-refractivity contribution is 5.65. The Kier molecular flexibility index (Phi) is 3.90. The average Bonchev–Trinajstić information content (AvgIpc) is 3.19. The number of nitro benzene ring substituents is 1. The maximum absolute atomic E-state index is 11.0. The van der Waals surface area contributed by atoms with Gasteiger partial charge in [0.05, 0.1) is 10.6 Å². The lowest BCUT2D eigenvalue weighted by Gasteiger charge is -2.27. The number of hydrogen-bond acceptors (Lipinski definition) is 5. The number of nitrogen functional groups attached to an aromatic ring is 1. The Morgan fingerprint density at radius 1 is 1.47 bits per heavy atom. The van der Waals surface area contributed by atoms with Crippen molar-refractivity contribution in [3.8, 4) is 0 Å². The first-order chi connectivity index (χ1) is 9.01. The predicted molar refractivity (Wildman–Crippen MR) is 76.1 cm³/mol. The summed E-state index contributed by atoms with van der Waals surface area (Å²) < 4.78 is 0.